The van der Waals surface area contributed by atoms with Crippen molar-refractivity contribution < 1.29 is 4.79 Å². The highest BCUT2D eigenvalue weighted by Crippen LogP contribution is 2.29. The molecular formula is C17H13ClN2OS. The fraction of sp³-hybridized carbons (Fsp3) is 0.0588. The van der Waals surface area contributed by atoms with Crippen LogP contribution in [0, 0.1) is 0 Å². The van der Waals surface area contributed by atoms with Crippen LogP contribution in [0.1, 0.15) is 5.56 Å². The number of nitrogens with zero attached hydrogens (tertiary/aromatic N) is 1. The van der Waals surface area contributed by atoms with Crippen LogP contribution < -0.4 is 5.32 Å². The van der Waals surface area contributed by atoms with Crippen LogP contribution in [0.3, 0.4) is 0 Å². The van der Waals surface area contributed by atoms with Gasteiger partial charge in [-0.3, -0.25) is 9.78 Å². The van der Waals surface area contributed by atoms with Gasteiger partial charge in [0, 0.05) is 27.7 Å². The summed E-state index contributed by atoms with van der Waals surface area (Å²) < 4.78 is 0. The zero-order chi connectivity index (χ0) is 15.4. The Kier molecular flexibility index (Phi) is 4.51. The first-order valence-electron chi connectivity index (χ1n) is 6.74. The Balaban J connectivity index is 1.65. The van der Waals surface area contributed by atoms with Crippen LogP contribution in [0.15, 0.2) is 60.2 Å². The maximum Gasteiger partial charge on any atom is 0.228 e. The van der Waals surface area contributed by atoms with E-state index in [1.54, 1.807) is 35.9 Å². The van der Waals surface area contributed by atoms with Crippen molar-refractivity contribution >= 4 is 34.5 Å². The van der Waals surface area contributed by atoms with E-state index in [9.17, 15) is 4.79 Å². The van der Waals surface area contributed by atoms with Gasteiger partial charge in [0.05, 0.1) is 12.1 Å². The third-order valence-electron chi connectivity index (χ3n) is 3.13. The van der Waals surface area contributed by atoms with Crippen LogP contribution in [-0.2, 0) is 11.2 Å². The van der Waals surface area contributed by atoms with E-state index in [-0.39, 0.29) is 5.91 Å². The molecule has 0 unspecified atom stereocenters. The molecule has 0 aliphatic rings. The molecule has 22 heavy (non-hydrogen) atoms. The van der Waals surface area contributed by atoms with Crippen molar-refractivity contribution in [1.29, 1.82) is 0 Å². The van der Waals surface area contributed by atoms with Crippen LogP contribution in [0.2, 0.25) is 5.02 Å². The van der Waals surface area contributed by atoms with Gasteiger partial charge in [0.2, 0.25) is 5.91 Å². The molecule has 3 aromatic rings. The molecule has 0 spiro atoms. The number of carbonyl (C=O) groups excluding carboxylic acids is 1. The maximum absolute atomic E-state index is 12.1. The van der Waals surface area contributed by atoms with Gasteiger partial charge in [0.15, 0.2) is 0 Å². The number of carbonyl (C=O) groups is 1. The number of amides is 1. The van der Waals surface area contributed by atoms with Crippen LogP contribution in [0.25, 0.3) is 10.4 Å². The molecule has 110 valence electrons. The molecule has 0 saturated carbocycles. The Hall–Kier alpha value is -2.17. The molecule has 0 saturated heterocycles. The number of anilines is 1. The molecular weight excluding hydrogens is 316 g/mol. The zero-order valence-corrected chi connectivity index (χ0v) is 13.2. The van der Waals surface area contributed by atoms with Gasteiger partial charge < -0.3 is 5.32 Å². The van der Waals surface area contributed by atoms with Crippen LogP contribution in [0.4, 0.5) is 5.69 Å². The molecule has 5 heteroatoms. The fourth-order valence-electron chi connectivity index (χ4n) is 2.06. The summed E-state index contributed by atoms with van der Waals surface area (Å²) in [5.41, 5.74) is 2.85. The molecule has 1 amide bonds. The number of nitrogens with one attached hydrogen (secondary N) is 1. The van der Waals surface area contributed by atoms with Gasteiger partial charge in [0.25, 0.3) is 0 Å². The van der Waals surface area contributed by atoms with Crippen LogP contribution in [-0.4, -0.2) is 10.9 Å². The molecule has 3 rings (SSSR count). The van der Waals surface area contributed by atoms with Crippen LogP contribution >= 0.6 is 22.9 Å². The minimum atomic E-state index is -0.0404. The predicted octanol–water partition coefficient (Wildman–Crippen LogP) is 4.64. The van der Waals surface area contributed by atoms with Crippen molar-refractivity contribution in [2.24, 2.45) is 0 Å². The summed E-state index contributed by atoms with van der Waals surface area (Å²) in [6, 6.07) is 13.2. The van der Waals surface area contributed by atoms with E-state index in [1.807, 2.05) is 35.7 Å². The lowest BCUT2D eigenvalue weighted by atomic mass is 10.1. The number of rotatable bonds is 4. The van der Waals surface area contributed by atoms with Gasteiger partial charge >= 0.3 is 0 Å². The Bertz CT molecular complexity index is 769. The molecule has 0 atom stereocenters. The number of thiophene rings is 1. The van der Waals surface area contributed by atoms with E-state index in [0.717, 1.165) is 21.7 Å². The third kappa shape index (κ3) is 3.72. The summed E-state index contributed by atoms with van der Waals surface area (Å²) in [5.74, 6) is -0.0404. The SMILES string of the molecule is O=C(Cc1ccc(Cl)cc1)Nc1csc(-c2ccncc2)c1. The number of aromatic nitrogens is 1. The van der Waals surface area contributed by atoms with E-state index in [4.69, 9.17) is 11.6 Å². The number of hydrogen-bond donors (Lipinski definition) is 1. The first-order valence-corrected chi connectivity index (χ1v) is 8.00. The Morgan fingerprint density at radius 3 is 2.59 bits per heavy atom. The van der Waals surface area contributed by atoms with E-state index >= 15 is 0 Å². The van der Waals surface area contributed by atoms with Gasteiger partial charge in [-0.15, -0.1) is 11.3 Å². The molecule has 0 aliphatic heterocycles. The van der Waals surface area contributed by atoms with Gasteiger partial charge in [-0.1, -0.05) is 23.7 Å². The summed E-state index contributed by atoms with van der Waals surface area (Å²) in [6.07, 6.45) is 3.85. The minimum Gasteiger partial charge on any atom is -0.325 e. The molecule has 3 nitrogen and oxygen atoms in total. The average Bonchev–Trinajstić information content (AvgIpc) is 2.99. The lowest BCUT2D eigenvalue weighted by Crippen LogP contribution is -2.13. The summed E-state index contributed by atoms with van der Waals surface area (Å²) in [4.78, 5) is 17.2. The first-order chi connectivity index (χ1) is 10.7. The van der Waals surface area contributed by atoms with Crippen molar-refractivity contribution in [1.82, 2.24) is 4.98 Å². The van der Waals surface area contributed by atoms with E-state index in [2.05, 4.69) is 10.3 Å². The highest BCUT2D eigenvalue weighted by Gasteiger charge is 2.07. The number of benzene rings is 1. The van der Waals surface area contributed by atoms with Gasteiger partial charge in [-0.25, -0.2) is 0 Å². The highest BCUT2D eigenvalue weighted by atomic mass is 35.5. The van der Waals surface area contributed by atoms with E-state index in [1.165, 1.54) is 0 Å². The van der Waals surface area contributed by atoms with E-state index in [0.29, 0.717) is 11.4 Å². The van der Waals surface area contributed by atoms with Crippen molar-refractivity contribution in [3.63, 3.8) is 0 Å². The van der Waals surface area contributed by atoms with Crippen molar-refractivity contribution in [2.45, 2.75) is 6.42 Å². The molecule has 2 aromatic heterocycles. The molecule has 2 heterocycles. The molecule has 0 bridgehead atoms. The number of halogens is 1. The second-order valence-corrected chi connectivity index (χ2v) is 6.13. The number of hydrogen-bond acceptors (Lipinski definition) is 3. The largest absolute Gasteiger partial charge is 0.325 e. The topological polar surface area (TPSA) is 42.0 Å². The highest BCUT2D eigenvalue weighted by molar-refractivity contribution is 7.14. The molecule has 0 aliphatic carbocycles. The minimum absolute atomic E-state index is 0.0404. The molecule has 0 fully saturated rings. The lowest BCUT2D eigenvalue weighted by Gasteiger charge is -2.03. The lowest BCUT2D eigenvalue weighted by molar-refractivity contribution is -0.115. The van der Waals surface area contributed by atoms with E-state index < -0.39 is 0 Å². The van der Waals surface area contributed by atoms with Gasteiger partial charge in [-0.05, 0) is 41.5 Å². The molecule has 1 N–H and O–H groups in total. The maximum atomic E-state index is 12.1. The van der Waals surface area contributed by atoms with Gasteiger partial charge in [-0.2, -0.15) is 0 Å². The first kappa shape index (κ1) is 14.8. The normalized spacial score (nSPS) is 10.4. The number of pyridine rings is 1. The standard InChI is InChI=1S/C17H13ClN2OS/c18-14-3-1-12(2-4-14)9-17(21)20-15-10-16(22-11-15)13-5-7-19-8-6-13/h1-8,10-11H,9H2,(H,20,21). The fourth-order valence-corrected chi connectivity index (χ4v) is 3.04. The average molecular weight is 329 g/mol. The summed E-state index contributed by atoms with van der Waals surface area (Å²) in [7, 11) is 0. The Morgan fingerprint density at radius 1 is 1.14 bits per heavy atom. The Morgan fingerprint density at radius 2 is 1.86 bits per heavy atom. The van der Waals surface area contributed by atoms with Crippen LogP contribution in [0.5, 0.6) is 0 Å². The second-order valence-electron chi connectivity index (χ2n) is 4.79. The predicted molar refractivity (Wildman–Crippen MR) is 91.3 cm³/mol. The third-order valence-corrected chi connectivity index (χ3v) is 4.36. The smallest absolute Gasteiger partial charge is 0.228 e. The summed E-state index contributed by atoms with van der Waals surface area (Å²) >= 11 is 7.43. The van der Waals surface area contributed by atoms with Crippen molar-refractivity contribution in [3.05, 3.63) is 70.8 Å². The monoisotopic (exact) mass is 328 g/mol. The second kappa shape index (κ2) is 6.73. The molecule has 0 radical (unpaired) electrons. The Labute approximate surface area is 137 Å². The zero-order valence-electron chi connectivity index (χ0n) is 11.6. The van der Waals surface area contributed by atoms with Crippen molar-refractivity contribution in [2.75, 3.05) is 5.32 Å². The van der Waals surface area contributed by atoms with Crippen molar-refractivity contribution in [3.8, 4) is 10.4 Å². The van der Waals surface area contributed by atoms with Gasteiger partial charge in [0.1, 0.15) is 0 Å². The quantitative estimate of drug-likeness (QED) is 0.757. The summed E-state index contributed by atoms with van der Waals surface area (Å²) in [6.45, 7) is 0. The summed E-state index contributed by atoms with van der Waals surface area (Å²) in [5, 5.41) is 5.53. The molecule has 1 aromatic carbocycles.